The summed E-state index contributed by atoms with van der Waals surface area (Å²) in [5.74, 6) is -0.708. The highest BCUT2D eigenvalue weighted by Crippen LogP contribution is 2.04. The normalized spacial score (nSPS) is 9.75. The summed E-state index contributed by atoms with van der Waals surface area (Å²) >= 11 is 1.41. The molecule has 6 heteroatoms. The van der Waals surface area contributed by atoms with Crippen molar-refractivity contribution >= 4 is 23.2 Å². The van der Waals surface area contributed by atoms with Crippen molar-refractivity contribution in [2.24, 2.45) is 0 Å². The predicted molar refractivity (Wildman–Crippen MR) is 58.0 cm³/mol. The molecule has 0 unspecified atom stereocenters. The molecule has 16 heavy (non-hydrogen) atoms. The molecule has 0 saturated carbocycles. The molecule has 0 aromatic carbocycles. The molecule has 82 valence electrons. The lowest BCUT2D eigenvalue weighted by molar-refractivity contribution is 0.0831. The highest BCUT2D eigenvalue weighted by Gasteiger charge is 2.10. The third kappa shape index (κ3) is 2.29. The van der Waals surface area contributed by atoms with Gasteiger partial charge in [0.1, 0.15) is 0 Å². The van der Waals surface area contributed by atoms with Crippen LogP contribution in [-0.4, -0.2) is 11.8 Å². The summed E-state index contributed by atoms with van der Waals surface area (Å²) in [6.07, 6.45) is 1.38. The van der Waals surface area contributed by atoms with Gasteiger partial charge in [-0.05, 0) is 23.6 Å². The Morgan fingerprint density at radius 1 is 1.19 bits per heavy atom. The van der Waals surface area contributed by atoms with Crippen LogP contribution in [0, 0.1) is 0 Å². The molecule has 2 aromatic rings. The monoisotopic (exact) mass is 236 g/mol. The van der Waals surface area contributed by atoms with E-state index in [0.29, 0.717) is 5.56 Å². The standard InChI is InChI=1S/C10H8N2O3S/c13-9(7-3-5-16-6-7)11-12-10(14)8-2-1-4-15-8/h1-6H,(H,11,13)(H,12,14). The molecular weight excluding hydrogens is 228 g/mol. The van der Waals surface area contributed by atoms with Crippen molar-refractivity contribution in [3.05, 3.63) is 46.5 Å². The molecule has 0 bridgehead atoms. The topological polar surface area (TPSA) is 71.3 Å². The molecule has 0 aliphatic rings. The SMILES string of the molecule is O=C(NNC(=O)c1ccco1)c1ccsc1. The maximum absolute atomic E-state index is 11.4. The molecular formula is C10H8N2O3S. The van der Waals surface area contributed by atoms with E-state index in [0.717, 1.165) is 0 Å². The lowest BCUT2D eigenvalue weighted by Gasteiger charge is -2.03. The van der Waals surface area contributed by atoms with E-state index in [-0.39, 0.29) is 11.7 Å². The van der Waals surface area contributed by atoms with Crippen LogP contribution in [0.1, 0.15) is 20.9 Å². The van der Waals surface area contributed by atoms with Crippen molar-refractivity contribution in [3.8, 4) is 0 Å². The summed E-state index contributed by atoms with van der Waals surface area (Å²) in [4.78, 5) is 22.8. The Kier molecular flexibility index (Phi) is 3.02. The minimum absolute atomic E-state index is 0.144. The van der Waals surface area contributed by atoms with Crippen LogP contribution in [0.15, 0.2) is 39.6 Å². The molecule has 5 nitrogen and oxygen atoms in total. The van der Waals surface area contributed by atoms with Gasteiger partial charge in [-0.1, -0.05) is 0 Å². The number of nitrogens with one attached hydrogen (secondary N) is 2. The highest BCUT2D eigenvalue weighted by atomic mass is 32.1. The van der Waals surface area contributed by atoms with Crippen LogP contribution < -0.4 is 10.9 Å². The third-order valence-electron chi connectivity index (χ3n) is 1.82. The Bertz CT molecular complexity index is 430. The summed E-state index contributed by atoms with van der Waals surface area (Å²) in [5, 5.41) is 3.47. The maximum atomic E-state index is 11.4. The molecule has 0 atom stereocenters. The summed E-state index contributed by atoms with van der Waals surface area (Å²) in [7, 11) is 0. The van der Waals surface area contributed by atoms with E-state index in [9.17, 15) is 9.59 Å². The first-order valence-electron chi connectivity index (χ1n) is 4.44. The highest BCUT2D eigenvalue weighted by molar-refractivity contribution is 7.08. The van der Waals surface area contributed by atoms with Gasteiger partial charge < -0.3 is 4.42 Å². The van der Waals surface area contributed by atoms with Crippen molar-refractivity contribution in [2.75, 3.05) is 0 Å². The van der Waals surface area contributed by atoms with Crippen molar-refractivity contribution < 1.29 is 14.0 Å². The van der Waals surface area contributed by atoms with Gasteiger partial charge >= 0.3 is 5.91 Å². The number of hydrazine groups is 1. The fourth-order valence-electron chi connectivity index (χ4n) is 1.05. The molecule has 0 aliphatic heterocycles. The average molecular weight is 236 g/mol. The van der Waals surface area contributed by atoms with Crippen LogP contribution in [0.3, 0.4) is 0 Å². The maximum Gasteiger partial charge on any atom is 0.305 e. The van der Waals surface area contributed by atoms with Gasteiger partial charge in [0.15, 0.2) is 5.76 Å². The van der Waals surface area contributed by atoms with Crippen LogP contribution in [0.4, 0.5) is 0 Å². The molecule has 0 aliphatic carbocycles. The Morgan fingerprint density at radius 2 is 2.00 bits per heavy atom. The number of carbonyl (C=O) groups is 2. The number of hydrogen-bond acceptors (Lipinski definition) is 4. The third-order valence-corrected chi connectivity index (χ3v) is 2.50. The summed E-state index contributed by atoms with van der Waals surface area (Å²) in [6, 6.07) is 4.76. The summed E-state index contributed by atoms with van der Waals surface area (Å²) in [6.45, 7) is 0. The second-order valence-corrected chi connectivity index (χ2v) is 3.68. The first kappa shape index (κ1) is 10.4. The van der Waals surface area contributed by atoms with Gasteiger partial charge in [0.2, 0.25) is 0 Å². The zero-order valence-corrected chi connectivity index (χ0v) is 8.91. The lowest BCUT2D eigenvalue weighted by Crippen LogP contribution is -2.41. The lowest BCUT2D eigenvalue weighted by atomic mass is 10.3. The predicted octanol–water partition coefficient (Wildman–Crippen LogP) is 1.42. The van der Waals surface area contributed by atoms with E-state index in [4.69, 9.17) is 4.42 Å². The molecule has 2 amide bonds. The Labute approximate surface area is 95.0 Å². The largest absolute Gasteiger partial charge is 0.459 e. The number of amides is 2. The van der Waals surface area contributed by atoms with Crippen LogP contribution in [-0.2, 0) is 0 Å². The Morgan fingerprint density at radius 3 is 2.62 bits per heavy atom. The van der Waals surface area contributed by atoms with Crippen molar-refractivity contribution in [1.29, 1.82) is 0 Å². The molecule has 0 radical (unpaired) electrons. The van der Waals surface area contributed by atoms with E-state index in [1.807, 2.05) is 0 Å². The smallest absolute Gasteiger partial charge is 0.305 e. The van der Waals surface area contributed by atoms with Crippen LogP contribution >= 0.6 is 11.3 Å². The molecule has 2 heterocycles. The Balaban J connectivity index is 1.89. The zero-order valence-electron chi connectivity index (χ0n) is 8.10. The van der Waals surface area contributed by atoms with Crippen molar-refractivity contribution in [1.82, 2.24) is 10.9 Å². The number of thiophene rings is 1. The van der Waals surface area contributed by atoms with Gasteiger partial charge in [-0.2, -0.15) is 11.3 Å². The number of furan rings is 1. The minimum Gasteiger partial charge on any atom is -0.459 e. The van der Waals surface area contributed by atoms with Gasteiger partial charge in [0, 0.05) is 5.38 Å². The fraction of sp³-hybridized carbons (Fsp3) is 0. The molecule has 2 N–H and O–H groups in total. The van der Waals surface area contributed by atoms with Gasteiger partial charge in [-0.25, -0.2) is 0 Å². The first-order valence-corrected chi connectivity index (χ1v) is 5.38. The molecule has 2 aromatic heterocycles. The van der Waals surface area contributed by atoms with Gasteiger partial charge in [-0.3, -0.25) is 20.4 Å². The second kappa shape index (κ2) is 4.63. The van der Waals surface area contributed by atoms with Crippen molar-refractivity contribution in [2.45, 2.75) is 0 Å². The van der Waals surface area contributed by atoms with E-state index < -0.39 is 5.91 Å². The average Bonchev–Trinajstić information content (AvgIpc) is 2.95. The van der Waals surface area contributed by atoms with E-state index in [2.05, 4.69) is 10.9 Å². The van der Waals surface area contributed by atoms with Crippen LogP contribution in [0.5, 0.6) is 0 Å². The molecule has 0 fully saturated rings. The first-order chi connectivity index (χ1) is 7.77. The number of rotatable bonds is 2. The minimum atomic E-state index is -0.492. The second-order valence-electron chi connectivity index (χ2n) is 2.90. The van der Waals surface area contributed by atoms with E-state index >= 15 is 0 Å². The summed E-state index contributed by atoms with van der Waals surface area (Å²) in [5.41, 5.74) is 5.03. The molecule has 0 saturated heterocycles. The number of carbonyl (C=O) groups excluding carboxylic acids is 2. The molecule has 0 spiro atoms. The van der Waals surface area contributed by atoms with Crippen molar-refractivity contribution in [3.63, 3.8) is 0 Å². The fourth-order valence-corrected chi connectivity index (χ4v) is 1.68. The van der Waals surface area contributed by atoms with Gasteiger partial charge in [0.05, 0.1) is 11.8 Å². The number of hydrogen-bond donors (Lipinski definition) is 2. The summed E-state index contributed by atoms with van der Waals surface area (Å²) < 4.78 is 4.86. The van der Waals surface area contributed by atoms with Crippen LogP contribution in [0.25, 0.3) is 0 Å². The van der Waals surface area contributed by atoms with Gasteiger partial charge in [-0.15, -0.1) is 0 Å². The van der Waals surface area contributed by atoms with Crippen LogP contribution in [0.2, 0.25) is 0 Å². The Hall–Kier alpha value is -2.08. The quantitative estimate of drug-likeness (QED) is 0.774. The zero-order chi connectivity index (χ0) is 11.4. The van der Waals surface area contributed by atoms with E-state index in [1.165, 1.54) is 23.7 Å². The van der Waals surface area contributed by atoms with E-state index in [1.54, 1.807) is 22.9 Å². The molecule has 2 rings (SSSR count). The van der Waals surface area contributed by atoms with Gasteiger partial charge in [0.25, 0.3) is 5.91 Å².